The number of benzene rings is 1. The van der Waals surface area contributed by atoms with E-state index < -0.39 is 0 Å². The van der Waals surface area contributed by atoms with E-state index in [1.54, 1.807) is 6.92 Å². The zero-order valence-electron chi connectivity index (χ0n) is 12.2. The fourth-order valence-electron chi connectivity index (χ4n) is 1.69. The van der Waals surface area contributed by atoms with E-state index in [0.717, 1.165) is 27.8 Å². The topological polar surface area (TPSA) is 41.5 Å². The second kappa shape index (κ2) is 9.03. The Hall–Kier alpha value is -0.100. The van der Waals surface area contributed by atoms with Gasteiger partial charge in [-0.25, -0.2) is 0 Å². The lowest BCUT2D eigenvalue weighted by molar-refractivity contribution is 0.155. The highest BCUT2D eigenvalue weighted by molar-refractivity contribution is 9.11. The van der Waals surface area contributed by atoms with E-state index in [4.69, 9.17) is 4.74 Å². The largest absolute Gasteiger partial charge is 0.491 e. The Morgan fingerprint density at radius 3 is 2.30 bits per heavy atom. The van der Waals surface area contributed by atoms with Crippen molar-refractivity contribution in [2.45, 2.75) is 39.8 Å². The van der Waals surface area contributed by atoms with Crippen molar-refractivity contribution >= 4 is 31.9 Å². The maximum absolute atomic E-state index is 9.24. The van der Waals surface area contributed by atoms with Crippen LogP contribution in [0.3, 0.4) is 0 Å². The van der Waals surface area contributed by atoms with Gasteiger partial charge in [-0.2, -0.15) is 0 Å². The molecule has 20 heavy (non-hydrogen) atoms. The fraction of sp³-hybridized carbons (Fsp3) is 0.600. The molecule has 0 aliphatic carbocycles. The predicted molar refractivity (Wildman–Crippen MR) is 90.2 cm³/mol. The summed E-state index contributed by atoms with van der Waals surface area (Å²) in [6.45, 7) is 8.48. The van der Waals surface area contributed by atoms with Gasteiger partial charge in [-0.15, -0.1) is 0 Å². The van der Waals surface area contributed by atoms with Gasteiger partial charge in [0.25, 0.3) is 0 Å². The van der Waals surface area contributed by atoms with Gasteiger partial charge in [-0.1, -0.05) is 13.8 Å². The third-order valence-electron chi connectivity index (χ3n) is 2.72. The number of aliphatic hydroxyl groups excluding tert-OH is 1. The summed E-state index contributed by atoms with van der Waals surface area (Å²) >= 11 is 7.08. The van der Waals surface area contributed by atoms with Gasteiger partial charge < -0.3 is 15.2 Å². The molecule has 0 aliphatic rings. The summed E-state index contributed by atoms with van der Waals surface area (Å²) in [5.41, 5.74) is 1.20. The van der Waals surface area contributed by atoms with Crippen molar-refractivity contribution in [2.75, 3.05) is 13.2 Å². The Labute approximate surface area is 138 Å². The van der Waals surface area contributed by atoms with Crippen molar-refractivity contribution in [1.29, 1.82) is 0 Å². The van der Waals surface area contributed by atoms with E-state index in [-0.39, 0.29) is 6.10 Å². The molecule has 114 valence electrons. The summed E-state index contributed by atoms with van der Waals surface area (Å²) in [5.74, 6) is 1.43. The number of nitrogens with one attached hydrogen (secondary N) is 1. The highest BCUT2D eigenvalue weighted by Gasteiger charge is 2.09. The van der Waals surface area contributed by atoms with Gasteiger partial charge in [0.05, 0.1) is 21.7 Å². The molecule has 0 saturated carbocycles. The number of ether oxygens (including phenoxy) is 1. The van der Waals surface area contributed by atoms with Crippen molar-refractivity contribution in [3.05, 3.63) is 26.6 Å². The molecule has 0 saturated heterocycles. The highest BCUT2D eigenvalue weighted by atomic mass is 79.9. The zero-order chi connectivity index (χ0) is 15.1. The Kier molecular flexibility index (Phi) is 8.10. The lowest BCUT2D eigenvalue weighted by atomic mass is 10.2. The van der Waals surface area contributed by atoms with E-state index in [1.807, 2.05) is 0 Å². The zero-order valence-corrected chi connectivity index (χ0v) is 15.4. The summed E-state index contributed by atoms with van der Waals surface area (Å²) in [5, 5.41) is 12.7. The molecule has 0 spiro atoms. The van der Waals surface area contributed by atoms with Gasteiger partial charge in [-0.3, -0.25) is 0 Å². The summed E-state index contributed by atoms with van der Waals surface area (Å²) in [7, 11) is 0. The first-order chi connectivity index (χ1) is 9.40. The first-order valence-electron chi connectivity index (χ1n) is 6.89. The van der Waals surface area contributed by atoms with Gasteiger partial charge in [0, 0.05) is 13.0 Å². The third-order valence-corrected chi connectivity index (χ3v) is 3.90. The van der Waals surface area contributed by atoms with E-state index in [9.17, 15) is 5.11 Å². The number of rotatable bonds is 8. The van der Waals surface area contributed by atoms with E-state index >= 15 is 0 Å². The first kappa shape index (κ1) is 18.0. The van der Waals surface area contributed by atoms with Crippen LogP contribution in [0.4, 0.5) is 0 Å². The van der Waals surface area contributed by atoms with Gasteiger partial charge in [0.15, 0.2) is 0 Å². The fourth-order valence-corrected chi connectivity index (χ4v) is 3.20. The van der Waals surface area contributed by atoms with Crippen molar-refractivity contribution in [3.8, 4) is 5.75 Å². The van der Waals surface area contributed by atoms with Crippen LogP contribution in [0, 0.1) is 5.92 Å². The van der Waals surface area contributed by atoms with Crippen LogP contribution in [0.2, 0.25) is 0 Å². The molecule has 0 heterocycles. The van der Waals surface area contributed by atoms with Crippen LogP contribution in [0.5, 0.6) is 5.75 Å². The Bertz CT molecular complexity index is 399. The molecular formula is C15H23Br2NO2. The normalized spacial score (nSPS) is 12.8. The maximum Gasteiger partial charge on any atom is 0.147 e. The number of aliphatic hydroxyl groups is 1. The van der Waals surface area contributed by atoms with E-state index in [1.165, 1.54) is 5.56 Å². The lowest BCUT2D eigenvalue weighted by Gasteiger charge is -2.14. The van der Waals surface area contributed by atoms with Crippen LogP contribution < -0.4 is 10.1 Å². The monoisotopic (exact) mass is 407 g/mol. The number of hydrogen-bond acceptors (Lipinski definition) is 3. The molecule has 0 aromatic heterocycles. The van der Waals surface area contributed by atoms with Gasteiger partial charge in [-0.05, 0) is 68.9 Å². The van der Waals surface area contributed by atoms with Crippen molar-refractivity contribution in [2.24, 2.45) is 5.92 Å². The van der Waals surface area contributed by atoms with Crippen molar-refractivity contribution in [3.63, 3.8) is 0 Å². The second-order valence-corrected chi connectivity index (χ2v) is 7.11. The highest BCUT2D eigenvalue weighted by Crippen LogP contribution is 2.34. The Morgan fingerprint density at radius 2 is 1.80 bits per heavy atom. The molecule has 0 amide bonds. The molecule has 1 aromatic carbocycles. The van der Waals surface area contributed by atoms with Crippen LogP contribution in [0.25, 0.3) is 0 Å². The SMILES string of the molecule is CC(C)CNCc1cc(Br)c(OCCC(C)O)c(Br)c1. The van der Waals surface area contributed by atoms with Crippen molar-refractivity contribution in [1.82, 2.24) is 5.32 Å². The molecule has 0 aliphatic heterocycles. The number of hydrogen-bond donors (Lipinski definition) is 2. The molecule has 0 fully saturated rings. The molecule has 0 radical (unpaired) electrons. The van der Waals surface area contributed by atoms with Crippen LogP contribution in [-0.4, -0.2) is 24.4 Å². The summed E-state index contributed by atoms with van der Waals surface area (Å²) in [6.07, 6.45) is 0.281. The smallest absolute Gasteiger partial charge is 0.147 e. The van der Waals surface area contributed by atoms with Crippen molar-refractivity contribution < 1.29 is 9.84 Å². The van der Waals surface area contributed by atoms with E-state index in [0.29, 0.717) is 18.9 Å². The second-order valence-electron chi connectivity index (χ2n) is 5.40. The van der Waals surface area contributed by atoms with Crippen LogP contribution in [0.1, 0.15) is 32.8 Å². The van der Waals surface area contributed by atoms with Crippen LogP contribution in [-0.2, 0) is 6.54 Å². The van der Waals surface area contributed by atoms with E-state index in [2.05, 4.69) is 63.2 Å². The lowest BCUT2D eigenvalue weighted by Crippen LogP contribution is -2.19. The number of halogens is 2. The standard InChI is InChI=1S/C15H23Br2NO2/c1-10(2)8-18-9-12-6-13(16)15(14(17)7-12)20-5-4-11(3)19/h6-7,10-11,18-19H,4-5,8-9H2,1-3H3. The third kappa shape index (κ3) is 6.57. The maximum atomic E-state index is 9.24. The molecule has 5 heteroatoms. The summed E-state index contributed by atoms with van der Waals surface area (Å²) < 4.78 is 7.56. The molecule has 1 unspecified atom stereocenters. The van der Waals surface area contributed by atoms with Gasteiger partial charge in [0.2, 0.25) is 0 Å². The minimum atomic E-state index is -0.341. The average molecular weight is 409 g/mol. The Balaban J connectivity index is 2.61. The quantitative estimate of drug-likeness (QED) is 0.680. The van der Waals surface area contributed by atoms with Crippen LogP contribution in [0.15, 0.2) is 21.1 Å². The molecular weight excluding hydrogens is 386 g/mol. The molecule has 2 N–H and O–H groups in total. The summed E-state index contributed by atoms with van der Waals surface area (Å²) in [6, 6.07) is 4.13. The average Bonchev–Trinajstić information content (AvgIpc) is 2.32. The molecule has 1 aromatic rings. The molecule has 0 bridgehead atoms. The Morgan fingerprint density at radius 1 is 1.20 bits per heavy atom. The minimum absolute atomic E-state index is 0.341. The summed E-state index contributed by atoms with van der Waals surface area (Å²) in [4.78, 5) is 0. The van der Waals surface area contributed by atoms with Gasteiger partial charge in [0.1, 0.15) is 5.75 Å². The van der Waals surface area contributed by atoms with Gasteiger partial charge >= 0.3 is 0 Å². The molecule has 1 rings (SSSR count). The minimum Gasteiger partial charge on any atom is -0.491 e. The van der Waals surface area contributed by atoms with Crippen LogP contribution >= 0.6 is 31.9 Å². The first-order valence-corrected chi connectivity index (χ1v) is 8.48. The molecule has 3 nitrogen and oxygen atoms in total. The predicted octanol–water partition coefficient (Wildman–Crippen LogP) is 4.11. The molecule has 1 atom stereocenters.